The Morgan fingerprint density at radius 3 is 2.85 bits per heavy atom. The highest BCUT2D eigenvalue weighted by Gasteiger charge is 2.04. The van der Waals surface area contributed by atoms with Gasteiger partial charge in [-0.2, -0.15) is 4.98 Å². The van der Waals surface area contributed by atoms with E-state index in [1.54, 1.807) is 0 Å². The molecule has 71 valence electrons. The van der Waals surface area contributed by atoms with Gasteiger partial charge < -0.3 is 4.90 Å². The molecule has 1 rings (SSSR count). The topological polar surface area (TPSA) is 41.9 Å². The summed E-state index contributed by atoms with van der Waals surface area (Å²) in [6, 6.07) is 0. The summed E-state index contributed by atoms with van der Waals surface area (Å²) < 4.78 is 0. The van der Waals surface area contributed by atoms with E-state index in [1.165, 1.54) is 19.2 Å². The molecule has 0 bridgehead atoms. The van der Waals surface area contributed by atoms with Crippen LogP contribution in [0, 0.1) is 6.33 Å². The molecule has 0 aliphatic heterocycles. The first-order valence-corrected chi connectivity index (χ1v) is 4.68. The molecule has 13 heavy (non-hydrogen) atoms. The minimum Gasteiger partial charge on any atom is -0.341 e. The van der Waals surface area contributed by atoms with Crippen molar-refractivity contribution < 1.29 is 0 Å². The molecular weight excluding hydrogens is 164 g/mol. The Morgan fingerprint density at radius 2 is 2.31 bits per heavy atom. The fourth-order valence-electron chi connectivity index (χ4n) is 1.11. The predicted octanol–water partition coefficient (Wildman–Crippen LogP) is 1.30. The molecule has 4 heteroatoms. The predicted molar refractivity (Wildman–Crippen MR) is 51.5 cm³/mol. The number of aromatic nitrogens is 3. The van der Waals surface area contributed by atoms with Crippen LogP contribution in [0.2, 0.25) is 0 Å². The van der Waals surface area contributed by atoms with E-state index in [4.69, 9.17) is 0 Å². The molecule has 0 aliphatic carbocycles. The average molecular weight is 179 g/mol. The first-order valence-electron chi connectivity index (χ1n) is 4.68. The second-order valence-corrected chi connectivity index (χ2v) is 2.82. The van der Waals surface area contributed by atoms with E-state index >= 15 is 0 Å². The van der Waals surface area contributed by atoms with Crippen LogP contribution in [0.3, 0.4) is 0 Å². The Morgan fingerprint density at radius 1 is 1.46 bits per heavy atom. The zero-order chi connectivity index (χ0) is 9.52. The van der Waals surface area contributed by atoms with Crippen LogP contribution in [0.4, 0.5) is 5.95 Å². The molecule has 1 aromatic rings. The van der Waals surface area contributed by atoms with Gasteiger partial charge in [-0.05, 0) is 13.3 Å². The number of rotatable bonds is 5. The highest BCUT2D eigenvalue weighted by molar-refractivity contribution is 5.26. The van der Waals surface area contributed by atoms with Crippen LogP contribution >= 0.6 is 0 Å². The standard InChI is InChI=1S/C9H15N4/c1-3-5-6-13(4-2)9-11-7-10-8-12-9/h7H,3-6H2,1-2H3. The van der Waals surface area contributed by atoms with E-state index in [0.717, 1.165) is 19.0 Å². The van der Waals surface area contributed by atoms with E-state index in [9.17, 15) is 0 Å². The van der Waals surface area contributed by atoms with Crippen LogP contribution in [-0.4, -0.2) is 28.0 Å². The van der Waals surface area contributed by atoms with Crippen molar-refractivity contribution in [2.45, 2.75) is 26.7 Å². The molecule has 0 aromatic carbocycles. The minimum absolute atomic E-state index is 0.728. The molecule has 0 unspecified atom stereocenters. The van der Waals surface area contributed by atoms with Gasteiger partial charge in [0.2, 0.25) is 12.3 Å². The number of anilines is 1. The average Bonchev–Trinajstić information content (AvgIpc) is 2.21. The maximum Gasteiger partial charge on any atom is 0.228 e. The lowest BCUT2D eigenvalue weighted by Crippen LogP contribution is -2.25. The van der Waals surface area contributed by atoms with Crippen LogP contribution in [0.5, 0.6) is 0 Å². The highest BCUT2D eigenvalue weighted by atomic mass is 15.3. The SMILES string of the molecule is CCCCN(CC)c1n[c]ncn1. The summed E-state index contributed by atoms with van der Waals surface area (Å²) in [6.45, 7) is 6.20. The summed E-state index contributed by atoms with van der Waals surface area (Å²) in [6.07, 6.45) is 6.38. The monoisotopic (exact) mass is 179 g/mol. The van der Waals surface area contributed by atoms with Crippen LogP contribution < -0.4 is 4.90 Å². The third kappa shape index (κ3) is 2.97. The summed E-state index contributed by atoms with van der Waals surface area (Å²) in [5.41, 5.74) is 0. The van der Waals surface area contributed by atoms with E-state index < -0.39 is 0 Å². The van der Waals surface area contributed by atoms with Gasteiger partial charge >= 0.3 is 0 Å². The van der Waals surface area contributed by atoms with Gasteiger partial charge in [0.15, 0.2) is 0 Å². The summed E-state index contributed by atoms with van der Waals surface area (Å²) in [4.78, 5) is 13.9. The summed E-state index contributed by atoms with van der Waals surface area (Å²) >= 11 is 0. The second kappa shape index (κ2) is 5.45. The number of unbranched alkanes of at least 4 members (excludes halogenated alkanes) is 1. The Bertz CT molecular complexity index is 224. The van der Waals surface area contributed by atoms with Crippen molar-refractivity contribution in [3.63, 3.8) is 0 Å². The fourth-order valence-corrected chi connectivity index (χ4v) is 1.11. The van der Waals surface area contributed by atoms with E-state index in [-0.39, 0.29) is 0 Å². The van der Waals surface area contributed by atoms with E-state index in [0.29, 0.717) is 0 Å². The summed E-state index contributed by atoms with van der Waals surface area (Å²) in [7, 11) is 0. The van der Waals surface area contributed by atoms with Gasteiger partial charge in [0.1, 0.15) is 6.33 Å². The lowest BCUT2D eigenvalue weighted by molar-refractivity contribution is 0.710. The molecule has 0 fully saturated rings. The van der Waals surface area contributed by atoms with Crippen molar-refractivity contribution in [2.75, 3.05) is 18.0 Å². The molecule has 0 N–H and O–H groups in total. The molecule has 4 nitrogen and oxygen atoms in total. The third-order valence-electron chi connectivity index (χ3n) is 1.88. The molecule has 0 atom stereocenters. The molecule has 0 amide bonds. The molecule has 1 radical (unpaired) electrons. The molecular formula is C9H15N4. The number of hydrogen-bond donors (Lipinski definition) is 0. The van der Waals surface area contributed by atoms with Crippen molar-refractivity contribution in [3.8, 4) is 0 Å². The van der Waals surface area contributed by atoms with Gasteiger partial charge in [-0.25, -0.2) is 9.97 Å². The van der Waals surface area contributed by atoms with E-state index in [2.05, 4.69) is 40.0 Å². The molecule has 1 aromatic heterocycles. The zero-order valence-corrected chi connectivity index (χ0v) is 8.19. The maximum atomic E-state index is 4.08. The molecule has 0 spiro atoms. The third-order valence-corrected chi connectivity index (χ3v) is 1.88. The Kier molecular flexibility index (Phi) is 4.15. The normalized spacial score (nSPS) is 10.0. The van der Waals surface area contributed by atoms with E-state index in [1.807, 2.05) is 0 Å². The highest BCUT2D eigenvalue weighted by Crippen LogP contribution is 2.04. The lowest BCUT2D eigenvalue weighted by Gasteiger charge is -2.19. The smallest absolute Gasteiger partial charge is 0.228 e. The second-order valence-electron chi connectivity index (χ2n) is 2.82. The molecule has 0 aliphatic rings. The van der Waals surface area contributed by atoms with Crippen LogP contribution in [-0.2, 0) is 0 Å². The Balaban J connectivity index is 2.56. The zero-order valence-electron chi connectivity index (χ0n) is 8.19. The number of hydrogen-bond acceptors (Lipinski definition) is 4. The van der Waals surface area contributed by atoms with Crippen molar-refractivity contribution in [1.82, 2.24) is 15.0 Å². The number of nitrogens with zero attached hydrogens (tertiary/aromatic N) is 4. The quantitative estimate of drug-likeness (QED) is 0.683. The van der Waals surface area contributed by atoms with Crippen LogP contribution in [0.25, 0.3) is 0 Å². The molecule has 1 heterocycles. The van der Waals surface area contributed by atoms with Gasteiger partial charge in [-0.3, -0.25) is 0 Å². The Hall–Kier alpha value is -1.19. The summed E-state index contributed by atoms with van der Waals surface area (Å²) in [5.74, 6) is 0.728. The van der Waals surface area contributed by atoms with Crippen molar-refractivity contribution in [1.29, 1.82) is 0 Å². The van der Waals surface area contributed by atoms with Gasteiger partial charge in [0.05, 0.1) is 0 Å². The van der Waals surface area contributed by atoms with Gasteiger partial charge in [-0.1, -0.05) is 13.3 Å². The maximum absolute atomic E-state index is 4.08. The van der Waals surface area contributed by atoms with Crippen molar-refractivity contribution in [3.05, 3.63) is 12.7 Å². The molecule has 0 saturated carbocycles. The van der Waals surface area contributed by atoms with Crippen LogP contribution in [0.1, 0.15) is 26.7 Å². The van der Waals surface area contributed by atoms with Crippen molar-refractivity contribution in [2.24, 2.45) is 0 Å². The van der Waals surface area contributed by atoms with Crippen molar-refractivity contribution >= 4 is 5.95 Å². The minimum atomic E-state index is 0.728. The Labute approximate surface area is 79.0 Å². The largest absolute Gasteiger partial charge is 0.341 e. The first kappa shape index (κ1) is 9.89. The van der Waals surface area contributed by atoms with Gasteiger partial charge in [0.25, 0.3) is 0 Å². The fraction of sp³-hybridized carbons (Fsp3) is 0.667. The van der Waals surface area contributed by atoms with Gasteiger partial charge in [0, 0.05) is 13.1 Å². The van der Waals surface area contributed by atoms with Gasteiger partial charge in [-0.15, -0.1) is 0 Å². The summed E-state index contributed by atoms with van der Waals surface area (Å²) in [5, 5.41) is 0. The van der Waals surface area contributed by atoms with Crippen LogP contribution in [0.15, 0.2) is 6.33 Å². The lowest BCUT2D eigenvalue weighted by atomic mass is 10.3. The first-order chi connectivity index (χ1) is 6.38. The molecule has 0 saturated heterocycles.